The van der Waals surface area contributed by atoms with E-state index >= 15 is 0 Å². The van der Waals surface area contributed by atoms with Crippen molar-refractivity contribution in [1.29, 1.82) is 0 Å². The summed E-state index contributed by atoms with van der Waals surface area (Å²) in [7, 11) is 4.86. The van der Waals surface area contributed by atoms with E-state index in [1.807, 2.05) is 41.3 Å². The molecule has 2 aromatic carbocycles. The number of methoxy groups -OCH3 is 3. The number of piperazine rings is 1. The molecule has 1 amide bonds. The van der Waals surface area contributed by atoms with Gasteiger partial charge in [0.2, 0.25) is 5.75 Å². The van der Waals surface area contributed by atoms with Crippen LogP contribution in [0.1, 0.15) is 15.9 Å². The Balaban J connectivity index is 1.64. The molecule has 7 heteroatoms. The standard InChI is InChI=1S/C21H25IN2O4/c1-26-18-9-6-16(19(27-2)20(18)28-3)14-23-10-12-24(13-11-23)21(25)15-4-7-17(22)8-5-15/h4-9H,10-14H2,1-3H3. The normalized spacial score (nSPS) is 14.6. The molecule has 1 heterocycles. The third-order valence-corrected chi connectivity index (χ3v) is 5.65. The van der Waals surface area contributed by atoms with Crippen LogP contribution in [-0.2, 0) is 6.54 Å². The highest BCUT2D eigenvalue weighted by Gasteiger charge is 2.24. The van der Waals surface area contributed by atoms with Crippen molar-refractivity contribution in [3.8, 4) is 17.2 Å². The number of rotatable bonds is 6. The van der Waals surface area contributed by atoms with E-state index in [-0.39, 0.29) is 5.91 Å². The lowest BCUT2D eigenvalue weighted by atomic mass is 10.1. The van der Waals surface area contributed by atoms with E-state index in [1.54, 1.807) is 21.3 Å². The fraction of sp³-hybridized carbons (Fsp3) is 0.381. The van der Waals surface area contributed by atoms with E-state index in [9.17, 15) is 4.79 Å². The molecule has 0 aromatic heterocycles. The molecule has 28 heavy (non-hydrogen) atoms. The first kappa shape index (κ1) is 20.7. The van der Waals surface area contributed by atoms with E-state index in [0.717, 1.165) is 34.3 Å². The van der Waals surface area contributed by atoms with Crippen LogP contribution in [0, 0.1) is 3.57 Å². The number of nitrogens with zero attached hydrogens (tertiary/aromatic N) is 2. The number of hydrogen-bond acceptors (Lipinski definition) is 5. The molecule has 0 N–H and O–H groups in total. The van der Waals surface area contributed by atoms with Gasteiger partial charge in [-0.05, 0) is 52.9 Å². The lowest BCUT2D eigenvalue weighted by Gasteiger charge is -2.35. The zero-order chi connectivity index (χ0) is 20.1. The maximum absolute atomic E-state index is 12.7. The highest BCUT2D eigenvalue weighted by Crippen LogP contribution is 2.40. The summed E-state index contributed by atoms with van der Waals surface area (Å²) in [6.45, 7) is 3.77. The lowest BCUT2D eigenvalue weighted by Crippen LogP contribution is -2.48. The van der Waals surface area contributed by atoms with Crippen molar-refractivity contribution in [2.45, 2.75) is 6.54 Å². The van der Waals surface area contributed by atoms with Crippen molar-refractivity contribution in [3.63, 3.8) is 0 Å². The van der Waals surface area contributed by atoms with Gasteiger partial charge in [-0.2, -0.15) is 0 Å². The summed E-state index contributed by atoms with van der Waals surface area (Å²) in [5.74, 6) is 2.05. The average Bonchev–Trinajstić information content (AvgIpc) is 2.73. The summed E-state index contributed by atoms with van der Waals surface area (Å²) in [4.78, 5) is 16.9. The Bertz CT molecular complexity index is 818. The van der Waals surface area contributed by atoms with E-state index < -0.39 is 0 Å². The minimum atomic E-state index is 0.0970. The summed E-state index contributed by atoms with van der Waals surface area (Å²) in [6, 6.07) is 11.6. The highest BCUT2D eigenvalue weighted by atomic mass is 127. The first-order valence-corrected chi connectivity index (χ1v) is 10.2. The van der Waals surface area contributed by atoms with Crippen LogP contribution >= 0.6 is 22.6 Å². The lowest BCUT2D eigenvalue weighted by molar-refractivity contribution is 0.0627. The van der Waals surface area contributed by atoms with Gasteiger partial charge in [-0.3, -0.25) is 9.69 Å². The molecule has 0 bridgehead atoms. The molecule has 0 atom stereocenters. The second-order valence-corrected chi connectivity index (χ2v) is 7.81. The van der Waals surface area contributed by atoms with E-state index in [0.29, 0.717) is 30.3 Å². The SMILES string of the molecule is COc1ccc(CN2CCN(C(=O)c3ccc(I)cc3)CC2)c(OC)c1OC. The molecule has 0 radical (unpaired) electrons. The molecule has 2 aromatic rings. The smallest absolute Gasteiger partial charge is 0.253 e. The molecule has 6 nitrogen and oxygen atoms in total. The van der Waals surface area contributed by atoms with Gasteiger partial charge in [-0.25, -0.2) is 0 Å². The number of carbonyl (C=O) groups is 1. The monoisotopic (exact) mass is 496 g/mol. The Labute approximate surface area is 179 Å². The number of carbonyl (C=O) groups excluding carboxylic acids is 1. The van der Waals surface area contributed by atoms with Crippen LogP contribution in [0.5, 0.6) is 17.2 Å². The van der Waals surface area contributed by atoms with Crippen LogP contribution in [0.2, 0.25) is 0 Å². The quantitative estimate of drug-likeness (QED) is 0.575. The van der Waals surface area contributed by atoms with Crippen LogP contribution < -0.4 is 14.2 Å². The average molecular weight is 496 g/mol. The van der Waals surface area contributed by atoms with Crippen molar-refractivity contribution in [2.75, 3.05) is 47.5 Å². The first-order valence-electron chi connectivity index (χ1n) is 9.12. The van der Waals surface area contributed by atoms with E-state index in [2.05, 4.69) is 27.5 Å². The molecule has 0 saturated carbocycles. The molecule has 0 unspecified atom stereocenters. The number of hydrogen-bond donors (Lipinski definition) is 0. The molecule has 1 fully saturated rings. The molecular formula is C21H25IN2O4. The number of halogens is 1. The van der Waals surface area contributed by atoms with Gasteiger partial charge in [-0.1, -0.05) is 6.07 Å². The summed E-state index contributed by atoms with van der Waals surface area (Å²) >= 11 is 2.24. The second-order valence-electron chi connectivity index (χ2n) is 6.57. The summed E-state index contributed by atoms with van der Waals surface area (Å²) < 4.78 is 17.5. The largest absolute Gasteiger partial charge is 0.493 e. The second kappa shape index (κ2) is 9.47. The Kier molecular flexibility index (Phi) is 7.01. The minimum Gasteiger partial charge on any atom is -0.493 e. The molecule has 0 spiro atoms. The van der Waals surface area contributed by atoms with Gasteiger partial charge < -0.3 is 19.1 Å². The molecule has 3 rings (SSSR count). The zero-order valence-corrected chi connectivity index (χ0v) is 18.6. The van der Waals surface area contributed by atoms with Gasteiger partial charge in [-0.15, -0.1) is 0 Å². The van der Waals surface area contributed by atoms with Crippen molar-refractivity contribution in [3.05, 3.63) is 51.1 Å². The maximum Gasteiger partial charge on any atom is 0.253 e. The van der Waals surface area contributed by atoms with E-state index in [4.69, 9.17) is 14.2 Å². The van der Waals surface area contributed by atoms with Crippen LogP contribution in [0.4, 0.5) is 0 Å². The maximum atomic E-state index is 12.7. The number of ether oxygens (including phenoxy) is 3. The van der Waals surface area contributed by atoms with Crippen LogP contribution in [0.25, 0.3) is 0 Å². The Morgan fingerprint density at radius 3 is 2.11 bits per heavy atom. The van der Waals surface area contributed by atoms with Crippen molar-refractivity contribution in [1.82, 2.24) is 9.80 Å². The van der Waals surface area contributed by atoms with Crippen molar-refractivity contribution < 1.29 is 19.0 Å². The Morgan fingerprint density at radius 2 is 1.54 bits per heavy atom. The number of benzene rings is 2. The van der Waals surface area contributed by atoms with Gasteiger partial charge in [0.05, 0.1) is 21.3 Å². The van der Waals surface area contributed by atoms with Crippen LogP contribution in [-0.4, -0.2) is 63.2 Å². The van der Waals surface area contributed by atoms with Gasteiger partial charge in [0.25, 0.3) is 5.91 Å². The highest BCUT2D eigenvalue weighted by molar-refractivity contribution is 14.1. The van der Waals surface area contributed by atoms with Gasteiger partial charge in [0, 0.05) is 47.4 Å². The molecule has 1 aliphatic heterocycles. The number of amides is 1. The predicted octanol–water partition coefficient (Wildman–Crippen LogP) is 3.28. The van der Waals surface area contributed by atoms with E-state index in [1.165, 1.54) is 0 Å². The topological polar surface area (TPSA) is 51.2 Å². The molecular weight excluding hydrogens is 471 g/mol. The first-order chi connectivity index (χ1) is 13.6. The summed E-state index contributed by atoms with van der Waals surface area (Å²) in [6.07, 6.45) is 0. The molecule has 1 aliphatic rings. The fourth-order valence-electron chi connectivity index (χ4n) is 3.41. The minimum absolute atomic E-state index is 0.0970. The Morgan fingerprint density at radius 1 is 0.893 bits per heavy atom. The van der Waals surface area contributed by atoms with Gasteiger partial charge in [0.1, 0.15) is 0 Å². The zero-order valence-electron chi connectivity index (χ0n) is 16.4. The molecule has 1 saturated heterocycles. The summed E-state index contributed by atoms with van der Waals surface area (Å²) in [5.41, 5.74) is 1.79. The van der Waals surface area contributed by atoms with Crippen molar-refractivity contribution >= 4 is 28.5 Å². The van der Waals surface area contributed by atoms with Crippen molar-refractivity contribution in [2.24, 2.45) is 0 Å². The van der Waals surface area contributed by atoms with Gasteiger partial charge in [0.15, 0.2) is 11.5 Å². The third-order valence-electron chi connectivity index (χ3n) is 4.93. The van der Waals surface area contributed by atoms with Crippen LogP contribution in [0.3, 0.4) is 0 Å². The van der Waals surface area contributed by atoms with Gasteiger partial charge >= 0.3 is 0 Å². The summed E-state index contributed by atoms with van der Waals surface area (Å²) in [5, 5.41) is 0. The Hall–Kier alpha value is -2.00. The molecule has 150 valence electrons. The fourth-order valence-corrected chi connectivity index (χ4v) is 3.77. The predicted molar refractivity (Wildman–Crippen MR) is 116 cm³/mol. The third kappa shape index (κ3) is 4.52. The molecule has 0 aliphatic carbocycles. The van der Waals surface area contributed by atoms with Crippen LogP contribution in [0.15, 0.2) is 36.4 Å².